The lowest BCUT2D eigenvalue weighted by atomic mass is 10.1. The van der Waals surface area contributed by atoms with Gasteiger partial charge in [-0.3, -0.25) is 19.3 Å². The van der Waals surface area contributed by atoms with Crippen LogP contribution in [0.15, 0.2) is 53.4 Å². The molecule has 1 fully saturated rings. The van der Waals surface area contributed by atoms with E-state index in [9.17, 15) is 14.4 Å². The van der Waals surface area contributed by atoms with Crippen LogP contribution in [-0.4, -0.2) is 40.6 Å². The van der Waals surface area contributed by atoms with E-state index in [1.165, 1.54) is 11.8 Å². The molecule has 8 heteroatoms. The van der Waals surface area contributed by atoms with Gasteiger partial charge in [0, 0.05) is 19.0 Å². The summed E-state index contributed by atoms with van der Waals surface area (Å²) in [4.78, 5) is 41.1. The number of methoxy groups -OCH3 is 1. The number of thioether (sulfide) groups is 1. The van der Waals surface area contributed by atoms with Crippen LogP contribution in [0.2, 0.25) is 0 Å². The van der Waals surface area contributed by atoms with Gasteiger partial charge in [0.1, 0.15) is 10.1 Å². The number of anilines is 1. The van der Waals surface area contributed by atoms with Crippen LogP contribution in [0.4, 0.5) is 5.69 Å². The van der Waals surface area contributed by atoms with Crippen LogP contribution in [0.25, 0.3) is 5.57 Å². The Labute approximate surface area is 183 Å². The van der Waals surface area contributed by atoms with E-state index in [-0.39, 0.29) is 16.4 Å². The van der Waals surface area contributed by atoms with E-state index in [4.69, 9.17) is 17.0 Å². The number of hydrogen-bond donors (Lipinski definition) is 0. The van der Waals surface area contributed by atoms with Gasteiger partial charge in [-0.2, -0.15) is 0 Å². The number of rotatable bonds is 4. The van der Waals surface area contributed by atoms with Crippen LogP contribution >= 0.6 is 24.0 Å². The van der Waals surface area contributed by atoms with Crippen molar-refractivity contribution < 1.29 is 19.1 Å². The topological polar surface area (TPSA) is 66.9 Å². The average Bonchev–Trinajstić information content (AvgIpc) is 3.18. The first-order valence-electron chi connectivity index (χ1n) is 9.27. The number of hydrogen-bond acceptors (Lipinski definition) is 6. The minimum Gasteiger partial charge on any atom is -0.497 e. The summed E-state index contributed by atoms with van der Waals surface area (Å²) >= 11 is 6.54. The Bertz CT molecular complexity index is 1110. The molecule has 0 aromatic heterocycles. The average molecular weight is 439 g/mol. The molecule has 2 aromatic rings. The smallest absolute Gasteiger partial charge is 0.267 e. The molecule has 2 aromatic carbocycles. The van der Waals surface area contributed by atoms with Gasteiger partial charge < -0.3 is 4.74 Å². The van der Waals surface area contributed by atoms with Crippen LogP contribution in [0.5, 0.6) is 5.75 Å². The molecule has 6 nitrogen and oxygen atoms in total. The molecule has 2 aliphatic rings. The van der Waals surface area contributed by atoms with Crippen molar-refractivity contribution in [2.24, 2.45) is 0 Å². The van der Waals surface area contributed by atoms with Crippen molar-refractivity contribution in [1.29, 1.82) is 0 Å². The fourth-order valence-electron chi connectivity index (χ4n) is 3.52. The predicted molar refractivity (Wildman–Crippen MR) is 120 cm³/mol. The Morgan fingerprint density at radius 3 is 2.43 bits per heavy atom. The normalized spacial score (nSPS) is 18.3. The highest BCUT2D eigenvalue weighted by Crippen LogP contribution is 2.44. The molecule has 0 radical (unpaired) electrons. The molecule has 0 saturated carbocycles. The third-order valence-corrected chi connectivity index (χ3v) is 6.45. The standard InChI is InChI=1S/C22H18N2O4S2/c1-13(25)24-17-6-4-3-5-16(17)18(20(24)26)19-21(27)23(22(29)30-19)12-11-14-7-9-15(28-2)10-8-14/h3-10H,11-12H2,1-2H3/b19-18-. The third kappa shape index (κ3) is 3.42. The van der Waals surface area contributed by atoms with Crippen molar-refractivity contribution in [1.82, 2.24) is 4.90 Å². The predicted octanol–water partition coefficient (Wildman–Crippen LogP) is 3.40. The molecular formula is C22H18N2O4S2. The van der Waals surface area contributed by atoms with E-state index in [1.54, 1.807) is 31.4 Å². The Kier molecular flexibility index (Phi) is 5.44. The number of benzene rings is 2. The zero-order chi connectivity index (χ0) is 21.4. The first kappa shape index (κ1) is 20.3. The molecule has 0 spiro atoms. The second-order valence-electron chi connectivity index (χ2n) is 6.80. The maximum atomic E-state index is 13.1. The Morgan fingerprint density at radius 2 is 1.77 bits per heavy atom. The minimum absolute atomic E-state index is 0.241. The highest BCUT2D eigenvalue weighted by atomic mass is 32.2. The van der Waals surface area contributed by atoms with E-state index < -0.39 is 11.8 Å². The van der Waals surface area contributed by atoms with Crippen molar-refractivity contribution in [3.8, 4) is 5.75 Å². The van der Waals surface area contributed by atoms with Gasteiger partial charge in [0.15, 0.2) is 0 Å². The number of imide groups is 1. The van der Waals surface area contributed by atoms with E-state index in [0.29, 0.717) is 28.5 Å². The monoisotopic (exact) mass is 438 g/mol. The van der Waals surface area contributed by atoms with Crippen molar-refractivity contribution in [2.45, 2.75) is 13.3 Å². The van der Waals surface area contributed by atoms with Crippen LogP contribution < -0.4 is 9.64 Å². The highest BCUT2D eigenvalue weighted by Gasteiger charge is 2.42. The number of para-hydroxylation sites is 1. The van der Waals surface area contributed by atoms with Gasteiger partial charge in [-0.15, -0.1) is 0 Å². The summed E-state index contributed by atoms with van der Waals surface area (Å²) < 4.78 is 5.57. The van der Waals surface area contributed by atoms with Gasteiger partial charge in [-0.25, -0.2) is 4.90 Å². The Hall–Kier alpha value is -2.97. The number of thiocarbonyl (C=S) groups is 1. The van der Waals surface area contributed by atoms with Crippen molar-refractivity contribution >= 4 is 57.3 Å². The lowest BCUT2D eigenvalue weighted by molar-refractivity contribution is -0.124. The summed E-state index contributed by atoms with van der Waals surface area (Å²) in [7, 11) is 1.61. The van der Waals surface area contributed by atoms with Gasteiger partial charge in [0.25, 0.3) is 11.8 Å². The largest absolute Gasteiger partial charge is 0.497 e. The number of nitrogens with zero attached hydrogens (tertiary/aromatic N) is 2. The number of amides is 3. The second kappa shape index (κ2) is 8.04. The van der Waals surface area contributed by atoms with Crippen molar-refractivity contribution in [2.75, 3.05) is 18.6 Å². The molecule has 152 valence electrons. The van der Waals surface area contributed by atoms with Crippen LogP contribution in [0.3, 0.4) is 0 Å². The summed E-state index contributed by atoms with van der Waals surface area (Å²) in [6.07, 6.45) is 0.614. The first-order chi connectivity index (χ1) is 14.4. The summed E-state index contributed by atoms with van der Waals surface area (Å²) in [5.41, 5.74) is 2.36. The molecule has 1 saturated heterocycles. The SMILES string of the molecule is COc1ccc(CCN2C(=O)/C(=C3/C(=O)N(C(C)=O)c4ccccc43)SC2=S)cc1. The van der Waals surface area contributed by atoms with Gasteiger partial charge in [-0.1, -0.05) is 54.3 Å². The molecule has 0 aliphatic carbocycles. The number of carbonyl (C=O) groups is 3. The summed E-state index contributed by atoms with van der Waals surface area (Å²) in [5, 5.41) is 0. The molecule has 0 unspecified atom stereocenters. The van der Waals surface area contributed by atoms with Gasteiger partial charge in [-0.05, 0) is 30.2 Å². The Balaban J connectivity index is 1.62. The molecule has 2 aliphatic heterocycles. The van der Waals surface area contributed by atoms with Crippen molar-refractivity contribution in [3.05, 3.63) is 64.6 Å². The number of carbonyl (C=O) groups excluding carboxylic acids is 3. The van der Waals surface area contributed by atoms with E-state index >= 15 is 0 Å². The van der Waals surface area contributed by atoms with Crippen molar-refractivity contribution in [3.63, 3.8) is 0 Å². The van der Waals surface area contributed by atoms with Gasteiger partial charge in [0.05, 0.1) is 23.3 Å². The first-order valence-corrected chi connectivity index (χ1v) is 10.5. The van der Waals surface area contributed by atoms with Gasteiger partial charge in [0.2, 0.25) is 5.91 Å². The highest BCUT2D eigenvalue weighted by molar-refractivity contribution is 8.26. The maximum absolute atomic E-state index is 13.1. The van der Waals surface area contributed by atoms with Crippen LogP contribution in [-0.2, 0) is 20.8 Å². The second-order valence-corrected chi connectivity index (χ2v) is 8.45. The molecule has 2 heterocycles. The number of fused-ring (bicyclic) bond motifs is 1. The van der Waals surface area contributed by atoms with Crippen LogP contribution in [0, 0.1) is 0 Å². The lowest BCUT2D eigenvalue weighted by Gasteiger charge is -2.14. The Morgan fingerprint density at radius 1 is 1.07 bits per heavy atom. The maximum Gasteiger partial charge on any atom is 0.267 e. The summed E-state index contributed by atoms with van der Waals surface area (Å²) in [6, 6.07) is 14.6. The van der Waals surface area contributed by atoms with E-state index in [2.05, 4.69) is 0 Å². The number of ether oxygens (including phenoxy) is 1. The van der Waals surface area contributed by atoms with Crippen LogP contribution in [0.1, 0.15) is 18.1 Å². The quantitative estimate of drug-likeness (QED) is 0.538. The minimum atomic E-state index is -0.487. The molecule has 0 atom stereocenters. The molecule has 4 rings (SSSR count). The molecule has 30 heavy (non-hydrogen) atoms. The molecule has 0 bridgehead atoms. The lowest BCUT2D eigenvalue weighted by Crippen LogP contribution is -2.32. The fourth-order valence-corrected chi connectivity index (χ4v) is 4.90. The van der Waals surface area contributed by atoms with E-state index in [0.717, 1.165) is 28.0 Å². The zero-order valence-electron chi connectivity index (χ0n) is 16.4. The fraction of sp³-hybridized carbons (Fsp3) is 0.182. The van der Waals surface area contributed by atoms with E-state index in [1.807, 2.05) is 24.3 Å². The molecule has 3 amide bonds. The zero-order valence-corrected chi connectivity index (χ0v) is 18.0. The third-order valence-electron chi connectivity index (χ3n) is 5.01. The summed E-state index contributed by atoms with van der Waals surface area (Å²) in [6.45, 7) is 1.73. The molecular weight excluding hydrogens is 420 g/mol. The summed E-state index contributed by atoms with van der Waals surface area (Å²) in [5.74, 6) is -0.415. The van der Waals surface area contributed by atoms with Gasteiger partial charge >= 0.3 is 0 Å². The molecule has 0 N–H and O–H groups in total.